The third-order valence-corrected chi connectivity index (χ3v) is 2.86. The van der Waals surface area contributed by atoms with Crippen LogP contribution in [-0.4, -0.2) is 24.3 Å². The molecule has 5 heteroatoms. The van der Waals surface area contributed by atoms with E-state index in [4.69, 9.17) is 14.6 Å². The van der Waals surface area contributed by atoms with Gasteiger partial charge in [0, 0.05) is 16.8 Å². The third kappa shape index (κ3) is 2.61. The van der Waals surface area contributed by atoms with E-state index < -0.39 is 0 Å². The summed E-state index contributed by atoms with van der Waals surface area (Å²) in [6.07, 6.45) is 0. The molecular weight excluding hydrogens is 246 g/mol. The predicted molar refractivity (Wildman–Crippen MR) is 71.5 cm³/mol. The molecule has 1 aromatic carbocycles. The van der Waals surface area contributed by atoms with Gasteiger partial charge in [-0.2, -0.15) is 0 Å². The van der Waals surface area contributed by atoms with Crippen molar-refractivity contribution in [3.05, 3.63) is 46.2 Å². The molecule has 0 saturated carbocycles. The van der Waals surface area contributed by atoms with Crippen LogP contribution in [0.4, 0.5) is 0 Å². The summed E-state index contributed by atoms with van der Waals surface area (Å²) in [4.78, 5) is 14.4. The molecule has 0 amide bonds. The summed E-state index contributed by atoms with van der Waals surface area (Å²) < 4.78 is 10.4. The Labute approximate surface area is 110 Å². The minimum absolute atomic E-state index is 0.276. The van der Waals surface area contributed by atoms with Crippen LogP contribution in [0.15, 0.2) is 35.1 Å². The second-order valence-corrected chi connectivity index (χ2v) is 3.95. The van der Waals surface area contributed by atoms with Crippen molar-refractivity contribution in [3.8, 4) is 22.8 Å². The molecule has 2 N–H and O–H groups in total. The first kappa shape index (κ1) is 13.2. The fourth-order valence-corrected chi connectivity index (χ4v) is 1.80. The topological polar surface area (TPSA) is 71.5 Å². The molecule has 0 fully saturated rings. The van der Waals surface area contributed by atoms with Gasteiger partial charge < -0.3 is 19.6 Å². The number of aromatic amines is 1. The van der Waals surface area contributed by atoms with Gasteiger partial charge >= 0.3 is 0 Å². The number of benzene rings is 1. The zero-order chi connectivity index (χ0) is 13.8. The van der Waals surface area contributed by atoms with Crippen molar-refractivity contribution in [3.63, 3.8) is 0 Å². The maximum absolute atomic E-state index is 11.7. The molecule has 0 radical (unpaired) electrons. The Morgan fingerprint density at radius 2 is 1.84 bits per heavy atom. The molecule has 1 heterocycles. The molecule has 0 spiro atoms. The van der Waals surface area contributed by atoms with Crippen molar-refractivity contribution in [2.24, 2.45) is 0 Å². The van der Waals surface area contributed by atoms with E-state index in [9.17, 15) is 4.79 Å². The minimum atomic E-state index is -0.296. The van der Waals surface area contributed by atoms with Crippen molar-refractivity contribution in [1.29, 1.82) is 0 Å². The molecule has 2 rings (SSSR count). The van der Waals surface area contributed by atoms with E-state index >= 15 is 0 Å². The number of methoxy groups -OCH3 is 2. The molecule has 0 aliphatic heterocycles. The van der Waals surface area contributed by atoms with Crippen LogP contribution in [-0.2, 0) is 6.61 Å². The molecule has 0 bridgehead atoms. The monoisotopic (exact) mass is 261 g/mol. The molecule has 0 atom stereocenters. The van der Waals surface area contributed by atoms with Crippen LogP contribution in [0.25, 0.3) is 11.3 Å². The van der Waals surface area contributed by atoms with Crippen LogP contribution in [0.1, 0.15) is 5.56 Å². The number of rotatable bonds is 4. The van der Waals surface area contributed by atoms with E-state index in [1.54, 1.807) is 38.5 Å². The summed E-state index contributed by atoms with van der Waals surface area (Å²) in [7, 11) is 3.12. The van der Waals surface area contributed by atoms with E-state index in [0.717, 1.165) is 5.56 Å². The quantitative estimate of drug-likeness (QED) is 0.876. The Kier molecular flexibility index (Phi) is 3.87. The van der Waals surface area contributed by atoms with Crippen LogP contribution >= 0.6 is 0 Å². The summed E-state index contributed by atoms with van der Waals surface area (Å²) >= 11 is 0. The van der Waals surface area contributed by atoms with Gasteiger partial charge in [0.15, 0.2) is 11.5 Å². The number of nitrogens with one attached hydrogen (secondary N) is 1. The lowest BCUT2D eigenvalue weighted by Gasteiger charge is -2.09. The molecular formula is C14H15NO4. The molecule has 100 valence electrons. The zero-order valence-corrected chi connectivity index (χ0v) is 10.8. The molecule has 0 aliphatic rings. The largest absolute Gasteiger partial charge is 0.493 e. The van der Waals surface area contributed by atoms with Gasteiger partial charge in [-0.3, -0.25) is 4.79 Å². The number of aliphatic hydroxyl groups is 1. The first-order valence-corrected chi connectivity index (χ1v) is 5.75. The minimum Gasteiger partial charge on any atom is -0.493 e. The van der Waals surface area contributed by atoms with E-state index in [0.29, 0.717) is 22.8 Å². The number of aromatic nitrogens is 1. The summed E-state index contributed by atoms with van der Waals surface area (Å²) in [5.74, 6) is 1.22. The van der Waals surface area contributed by atoms with Gasteiger partial charge in [-0.1, -0.05) is 0 Å². The number of H-pyrrole nitrogens is 1. The summed E-state index contributed by atoms with van der Waals surface area (Å²) in [6.45, 7) is -0.276. The van der Waals surface area contributed by atoms with Crippen LogP contribution in [0.5, 0.6) is 11.5 Å². The molecule has 0 saturated heterocycles. The van der Waals surface area contributed by atoms with Crippen molar-refractivity contribution in [2.45, 2.75) is 6.61 Å². The molecule has 1 aromatic heterocycles. The third-order valence-electron chi connectivity index (χ3n) is 2.86. The van der Waals surface area contributed by atoms with E-state index in [-0.39, 0.29) is 12.2 Å². The smallest absolute Gasteiger partial charge is 0.253 e. The van der Waals surface area contributed by atoms with E-state index in [1.807, 2.05) is 6.07 Å². The lowest BCUT2D eigenvalue weighted by atomic mass is 10.1. The Morgan fingerprint density at radius 3 is 2.42 bits per heavy atom. The average Bonchev–Trinajstić information content (AvgIpc) is 2.46. The molecule has 19 heavy (non-hydrogen) atoms. The number of hydrogen-bond donors (Lipinski definition) is 2. The van der Waals surface area contributed by atoms with Crippen LogP contribution < -0.4 is 15.0 Å². The number of aliphatic hydroxyl groups excluding tert-OH is 1. The van der Waals surface area contributed by atoms with Gasteiger partial charge in [0.2, 0.25) is 0 Å². The van der Waals surface area contributed by atoms with Gasteiger partial charge in [0.05, 0.1) is 20.8 Å². The summed E-state index contributed by atoms with van der Waals surface area (Å²) in [6, 6.07) is 8.72. The van der Waals surface area contributed by atoms with Crippen LogP contribution in [0.2, 0.25) is 0 Å². The van der Waals surface area contributed by atoms with Crippen LogP contribution in [0, 0.1) is 0 Å². The highest BCUT2D eigenvalue weighted by Gasteiger charge is 2.07. The Balaban J connectivity index is 2.47. The fourth-order valence-electron chi connectivity index (χ4n) is 1.80. The van der Waals surface area contributed by atoms with E-state index in [2.05, 4.69) is 4.98 Å². The van der Waals surface area contributed by atoms with Crippen molar-refractivity contribution >= 4 is 0 Å². The second-order valence-electron chi connectivity index (χ2n) is 3.95. The van der Waals surface area contributed by atoms with Crippen molar-refractivity contribution in [1.82, 2.24) is 4.98 Å². The molecule has 0 aliphatic carbocycles. The first-order valence-electron chi connectivity index (χ1n) is 5.75. The van der Waals surface area contributed by atoms with Gasteiger partial charge in [-0.25, -0.2) is 0 Å². The Bertz CT molecular complexity index is 634. The number of hydrogen-bond acceptors (Lipinski definition) is 4. The number of ether oxygens (including phenoxy) is 2. The maximum Gasteiger partial charge on any atom is 0.253 e. The standard InChI is InChI=1S/C14H15NO4/c1-18-12-6-4-9(7-13(12)19-2)11-5-3-10(8-16)14(17)15-11/h3-7,16H,8H2,1-2H3,(H,15,17). The summed E-state index contributed by atoms with van der Waals surface area (Å²) in [5, 5.41) is 8.97. The fraction of sp³-hybridized carbons (Fsp3) is 0.214. The lowest BCUT2D eigenvalue weighted by Crippen LogP contribution is -2.12. The maximum atomic E-state index is 11.7. The van der Waals surface area contributed by atoms with Crippen LogP contribution in [0.3, 0.4) is 0 Å². The second kappa shape index (κ2) is 5.58. The zero-order valence-electron chi connectivity index (χ0n) is 10.8. The van der Waals surface area contributed by atoms with Crippen molar-refractivity contribution in [2.75, 3.05) is 14.2 Å². The molecule has 5 nitrogen and oxygen atoms in total. The Hall–Kier alpha value is -2.27. The first-order chi connectivity index (χ1) is 9.19. The number of pyridine rings is 1. The van der Waals surface area contributed by atoms with Gasteiger partial charge in [0.1, 0.15) is 0 Å². The molecule has 0 unspecified atom stereocenters. The highest BCUT2D eigenvalue weighted by Crippen LogP contribution is 2.31. The normalized spacial score (nSPS) is 10.3. The highest BCUT2D eigenvalue weighted by molar-refractivity contribution is 5.63. The predicted octanol–water partition coefficient (Wildman–Crippen LogP) is 1.55. The van der Waals surface area contributed by atoms with Gasteiger partial charge in [-0.15, -0.1) is 0 Å². The van der Waals surface area contributed by atoms with Gasteiger partial charge in [-0.05, 0) is 30.3 Å². The van der Waals surface area contributed by atoms with Gasteiger partial charge in [0.25, 0.3) is 5.56 Å². The molecule has 2 aromatic rings. The summed E-state index contributed by atoms with van der Waals surface area (Å²) in [5.41, 5.74) is 1.50. The van der Waals surface area contributed by atoms with Crippen molar-refractivity contribution < 1.29 is 14.6 Å². The Morgan fingerprint density at radius 1 is 1.11 bits per heavy atom. The lowest BCUT2D eigenvalue weighted by molar-refractivity contribution is 0.280. The SMILES string of the molecule is COc1ccc(-c2ccc(CO)c(=O)[nH]2)cc1OC. The highest BCUT2D eigenvalue weighted by atomic mass is 16.5. The average molecular weight is 261 g/mol. The van der Waals surface area contributed by atoms with E-state index in [1.165, 1.54) is 0 Å².